The van der Waals surface area contributed by atoms with Gasteiger partial charge >= 0.3 is 0 Å². The predicted octanol–water partition coefficient (Wildman–Crippen LogP) is 1.13. The van der Waals surface area contributed by atoms with E-state index in [1.807, 2.05) is 6.92 Å². The fourth-order valence-corrected chi connectivity index (χ4v) is 2.14. The number of nitrogens with zero attached hydrogens (tertiary/aromatic N) is 3. The highest BCUT2D eigenvalue weighted by Crippen LogP contribution is 2.21. The van der Waals surface area contributed by atoms with Crippen LogP contribution in [0.3, 0.4) is 0 Å². The third-order valence-electron chi connectivity index (χ3n) is 3.56. The van der Waals surface area contributed by atoms with Gasteiger partial charge in [0.2, 0.25) is 11.7 Å². The average Bonchev–Trinajstić information content (AvgIpc) is 2.87. The van der Waals surface area contributed by atoms with Crippen LogP contribution in [0, 0.1) is 0 Å². The number of nitrogens with two attached hydrogens (primary N) is 1. The number of hydrogen-bond donors (Lipinski definition) is 1. The minimum atomic E-state index is -0.0912. The quantitative estimate of drug-likeness (QED) is 0.862. The molecule has 1 fully saturated rings. The van der Waals surface area contributed by atoms with E-state index < -0.39 is 0 Å². The Morgan fingerprint density at radius 1 is 1.47 bits per heavy atom. The molecule has 2 rings (SSSR count). The molecule has 1 aromatic heterocycles. The Kier molecular flexibility index (Phi) is 4.90. The molecule has 0 aromatic carbocycles. The molecule has 2 heterocycles. The lowest BCUT2D eigenvalue weighted by Gasteiger charge is -2.34. The average molecular weight is 268 g/mol. The van der Waals surface area contributed by atoms with Gasteiger partial charge in [-0.05, 0) is 20.3 Å². The Labute approximate surface area is 114 Å². The Bertz CT molecular complexity index is 394. The van der Waals surface area contributed by atoms with Crippen molar-refractivity contribution in [2.24, 2.45) is 5.73 Å². The molecule has 0 amide bonds. The van der Waals surface area contributed by atoms with Gasteiger partial charge in [-0.2, -0.15) is 4.98 Å². The van der Waals surface area contributed by atoms with Gasteiger partial charge in [0.25, 0.3) is 0 Å². The summed E-state index contributed by atoms with van der Waals surface area (Å²) in [6.45, 7) is 8.90. The topological polar surface area (TPSA) is 77.4 Å². The third-order valence-corrected chi connectivity index (χ3v) is 3.56. The summed E-state index contributed by atoms with van der Waals surface area (Å²) in [5, 5.41) is 4.03. The van der Waals surface area contributed by atoms with Crippen molar-refractivity contribution >= 4 is 0 Å². The first-order valence-corrected chi connectivity index (χ1v) is 7.03. The first kappa shape index (κ1) is 14.4. The fourth-order valence-electron chi connectivity index (χ4n) is 2.14. The van der Waals surface area contributed by atoms with Gasteiger partial charge in [-0.25, -0.2) is 0 Å². The van der Waals surface area contributed by atoms with Crippen molar-refractivity contribution in [3.05, 3.63) is 11.7 Å². The van der Waals surface area contributed by atoms with Crippen molar-refractivity contribution < 1.29 is 9.26 Å². The second-order valence-corrected chi connectivity index (χ2v) is 5.37. The molecule has 0 bridgehead atoms. The minimum absolute atomic E-state index is 0.0766. The molecule has 0 aliphatic carbocycles. The summed E-state index contributed by atoms with van der Waals surface area (Å²) >= 11 is 0. The minimum Gasteiger partial charge on any atom is -0.367 e. The van der Waals surface area contributed by atoms with Gasteiger partial charge in [-0.1, -0.05) is 12.1 Å². The number of morpholine rings is 1. The molecule has 108 valence electrons. The molecule has 0 spiro atoms. The molecular weight excluding hydrogens is 244 g/mol. The van der Waals surface area contributed by atoms with Gasteiger partial charge in [0.15, 0.2) is 0 Å². The van der Waals surface area contributed by atoms with E-state index in [2.05, 4.69) is 28.9 Å². The highest BCUT2D eigenvalue weighted by Gasteiger charge is 2.27. The zero-order chi connectivity index (χ0) is 13.8. The second-order valence-electron chi connectivity index (χ2n) is 5.37. The van der Waals surface area contributed by atoms with Gasteiger partial charge in [-0.15, -0.1) is 0 Å². The highest BCUT2D eigenvalue weighted by atomic mass is 16.5. The van der Waals surface area contributed by atoms with Crippen molar-refractivity contribution in [1.82, 2.24) is 15.0 Å². The normalized spacial score (nSPS) is 22.9. The summed E-state index contributed by atoms with van der Waals surface area (Å²) in [4.78, 5) is 6.77. The molecule has 2 atom stereocenters. The maximum atomic E-state index is 5.89. The Morgan fingerprint density at radius 2 is 2.26 bits per heavy atom. The maximum absolute atomic E-state index is 5.89. The van der Waals surface area contributed by atoms with Crippen LogP contribution in [0.15, 0.2) is 4.52 Å². The summed E-state index contributed by atoms with van der Waals surface area (Å²) in [7, 11) is 0. The van der Waals surface area contributed by atoms with E-state index >= 15 is 0 Å². The number of rotatable bonds is 5. The predicted molar refractivity (Wildman–Crippen MR) is 71.7 cm³/mol. The van der Waals surface area contributed by atoms with Gasteiger partial charge in [-0.3, -0.25) is 4.90 Å². The van der Waals surface area contributed by atoms with Crippen LogP contribution in [-0.4, -0.2) is 46.8 Å². The number of hydrogen-bond acceptors (Lipinski definition) is 6. The molecule has 2 N–H and O–H groups in total. The first-order valence-electron chi connectivity index (χ1n) is 7.03. The maximum Gasteiger partial charge on any atom is 0.228 e. The Hall–Kier alpha value is -0.980. The third kappa shape index (κ3) is 3.75. The SMILES string of the molecule is CCC(N)Cc1nc(C2CN(C(C)C)CCO2)no1. The molecule has 0 saturated carbocycles. The second kappa shape index (κ2) is 6.45. The van der Waals surface area contributed by atoms with Crippen LogP contribution >= 0.6 is 0 Å². The van der Waals surface area contributed by atoms with E-state index in [4.69, 9.17) is 15.0 Å². The van der Waals surface area contributed by atoms with Gasteiger partial charge < -0.3 is 15.0 Å². The summed E-state index contributed by atoms with van der Waals surface area (Å²) < 4.78 is 11.0. The smallest absolute Gasteiger partial charge is 0.228 e. The highest BCUT2D eigenvalue weighted by molar-refractivity contribution is 4.95. The monoisotopic (exact) mass is 268 g/mol. The molecule has 2 unspecified atom stereocenters. The lowest BCUT2D eigenvalue weighted by atomic mass is 10.2. The molecule has 6 heteroatoms. The van der Waals surface area contributed by atoms with Crippen LogP contribution in [0.2, 0.25) is 0 Å². The van der Waals surface area contributed by atoms with Gasteiger partial charge in [0.1, 0.15) is 6.10 Å². The molecule has 1 aliphatic heterocycles. The molecular formula is C13H24N4O2. The zero-order valence-electron chi connectivity index (χ0n) is 12.0. The van der Waals surface area contributed by atoms with E-state index in [9.17, 15) is 0 Å². The van der Waals surface area contributed by atoms with E-state index in [1.165, 1.54) is 0 Å². The van der Waals surface area contributed by atoms with Crippen molar-refractivity contribution in [3.8, 4) is 0 Å². The number of ether oxygens (including phenoxy) is 1. The van der Waals surface area contributed by atoms with Crippen LogP contribution < -0.4 is 5.73 Å². The van der Waals surface area contributed by atoms with E-state index in [0.717, 1.165) is 19.5 Å². The molecule has 6 nitrogen and oxygen atoms in total. The molecule has 0 radical (unpaired) electrons. The van der Waals surface area contributed by atoms with Crippen molar-refractivity contribution in [3.63, 3.8) is 0 Å². The first-order chi connectivity index (χ1) is 9.10. The van der Waals surface area contributed by atoms with Crippen LogP contribution in [0.1, 0.15) is 45.0 Å². The van der Waals surface area contributed by atoms with E-state index in [1.54, 1.807) is 0 Å². The van der Waals surface area contributed by atoms with Crippen LogP contribution in [-0.2, 0) is 11.2 Å². The lowest BCUT2D eigenvalue weighted by molar-refractivity contribution is -0.0450. The molecule has 1 aromatic rings. The zero-order valence-corrected chi connectivity index (χ0v) is 12.0. The number of aromatic nitrogens is 2. The van der Waals surface area contributed by atoms with Gasteiger partial charge in [0, 0.05) is 31.6 Å². The summed E-state index contributed by atoms with van der Waals surface area (Å²) in [5.74, 6) is 1.25. The molecule has 1 aliphatic rings. The summed E-state index contributed by atoms with van der Waals surface area (Å²) in [6.07, 6.45) is 1.44. The van der Waals surface area contributed by atoms with Crippen molar-refractivity contribution in [2.75, 3.05) is 19.7 Å². The Morgan fingerprint density at radius 3 is 2.95 bits per heavy atom. The Balaban J connectivity index is 1.97. The summed E-state index contributed by atoms with van der Waals surface area (Å²) in [6, 6.07) is 0.582. The van der Waals surface area contributed by atoms with Crippen LogP contribution in [0.5, 0.6) is 0 Å². The molecule has 19 heavy (non-hydrogen) atoms. The van der Waals surface area contributed by atoms with Crippen LogP contribution in [0.4, 0.5) is 0 Å². The molecule has 1 saturated heterocycles. The van der Waals surface area contributed by atoms with Gasteiger partial charge in [0.05, 0.1) is 6.61 Å². The lowest BCUT2D eigenvalue weighted by Crippen LogP contribution is -2.42. The van der Waals surface area contributed by atoms with E-state index in [0.29, 0.717) is 30.8 Å². The van der Waals surface area contributed by atoms with E-state index in [-0.39, 0.29) is 12.1 Å². The fraction of sp³-hybridized carbons (Fsp3) is 0.846. The largest absolute Gasteiger partial charge is 0.367 e. The standard InChI is InChI=1S/C13H24N4O2/c1-4-10(14)7-12-15-13(16-19-12)11-8-17(9(2)3)5-6-18-11/h9-11H,4-8,14H2,1-3H3. The summed E-state index contributed by atoms with van der Waals surface area (Å²) in [5.41, 5.74) is 5.89. The van der Waals surface area contributed by atoms with Crippen molar-refractivity contribution in [2.45, 2.75) is 51.8 Å². The van der Waals surface area contributed by atoms with Crippen LogP contribution in [0.25, 0.3) is 0 Å². The van der Waals surface area contributed by atoms with Crippen molar-refractivity contribution in [1.29, 1.82) is 0 Å².